The molecule has 0 radical (unpaired) electrons. The highest BCUT2D eigenvalue weighted by Gasteiger charge is 2.52. The van der Waals surface area contributed by atoms with Gasteiger partial charge in [-0.3, -0.25) is 0 Å². The second-order valence-corrected chi connectivity index (χ2v) is 6.35. The van der Waals surface area contributed by atoms with Crippen LogP contribution in [0, 0.1) is 5.41 Å². The van der Waals surface area contributed by atoms with Crippen molar-refractivity contribution in [1.82, 2.24) is 0 Å². The zero-order valence-electron chi connectivity index (χ0n) is 11.2. The Balaban J connectivity index is 1.51. The largest absolute Gasteiger partial charge is 0.490 e. The molecule has 3 heteroatoms. The van der Waals surface area contributed by atoms with Crippen molar-refractivity contribution in [1.29, 1.82) is 0 Å². The molecule has 4 unspecified atom stereocenters. The van der Waals surface area contributed by atoms with Crippen molar-refractivity contribution in [3.8, 4) is 5.75 Å². The van der Waals surface area contributed by atoms with Gasteiger partial charge in [0, 0.05) is 18.4 Å². The van der Waals surface area contributed by atoms with E-state index in [0.717, 1.165) is 31.6 Å². The van der Waals surface area contributed by atoms with E-state index in [0.29, 0.717) is 12.2 Å². The summed E-state index contributed by atoms with van der Waals surface area (Å²) in [5.41, 5.74) is 7.60. The van der Waals surface area contributed by atoms with Gasteiger partial charge in [0.2, 0.25) is 0 Å². The van der Waals surface area contributed by atoms with Gasteiger partial charge in [0.25, 0.3) is 0 Å². The highest BCUT2D eigenvalue weighted by Crippen LogP contribution is 2.51. The number of rotatable bonds is 3. The molecule has 4 atom stereocenters. The minimum absolute atomic E-state index is 0.162. The Labute approximate surface area is 114 Å². The first-order chi connectivity index (χ1) is 9.29. The van der Waals surface area contributed by atoms with Gasteiger partial charge in [-0.1, -0.05) is 18.2 Å². The van der Waals surface area contributed by atoms with Crippen LogP contribution >= 0.6 is 0 Å². The van der Waals surface area contributed by atoms with Gasteiger partial charge >= 0.3 is 0 Å². The van der Waals surface area contributed by atoms with E-state index in [1.807, 2.05) is 6.07 Å². The lowest BCUT2D eigenvalue weighted by molar-refractivity contribution is 0.0406. The molecule has 2 bridgehead atoms. The van der Waals surface area contributed by atoms with Gasteiger partial charge in [0.05, 0.1) is 12.2 Å². The van der Waals surface area contributed by atoms with Crippen LogP contribution < -0.4 is 10.5 Å². The van der Waals surface area contributed by atoms with Crippen LogP contribution in [0.2, 0.25) is 0 Å². The summed E-state index contributed by atoms with van der Waals surface area (Å²) in [5, 5.41) is 0. The van der Waals surface area contributed by atoms with Gasteiger partial charge in [-0.2, -0.15) is 0 Å². The molecule has 3 heterocycles. The molecule has 2 saturated heterocycles. The first-order valence-corrected chi connectivity index (χ1v) is 7.39. The molecule has 2 N–H and O–H groups in total. The van der Waals surface area contributed by atoms with Crippen LogP contribution in [0.15, 0.2) is 24.3 Å². The minimum Gasteiger partial charge on any atom is -0.490 e. The van der Waals surface area contributed by atoms with E-state index in [1.165, 1.54) is 18.4 Å². The summed E-state index contributed by atoms with van der Waals surface area (Å²) < 4.78 is 12.1. The van der Waals surface area contributed by atoms with Crippen molar-refractivity contribution < 1.29 is 9.47 Å². The van der Waals surface area contributed by atoms with Crippen LogP contribution in [0.1, 0.15) is 31.2 Å². The molecule has 4 rings (SSSR count). The van der Waals surface area contributed by atoms with Crippen LogP contribution in [0.4, 0.5) is 0 Å². The average Bonchev–Trinajstić information content (AvgIpc) is 3.11. The molecular weight excluding hydrogens is 238 g/mol. The van der Waals surface area contributed by atoms with Crippen molar-refractivity contribution in [2.75, 3.05) is 6.54 Å². The molecule has 102 valence electrons. The van der Waals surface area contributed by atoms with Crippen LogP contribution in [0.3, 0.4) is 0 Å². The van der Waals surface area contributed by atoms with Crippen molar-refractivity contribution in [3.05, 3.63) is 29.8 Å². The lowest BCUT2D eigenvalue weighted by Gasteiger charge is -2.35. The van der Waals surface area contributed by atoms with Crippen molar-refractivity contribution >= 4 is 0 Å². The van der Waals surface area contributed by atoms with Crippen LogP contribution in [-0.4, -0.2) is 24.9 Å². The number of fused-ring (bicyclic) bond motifs is 3. The molecule has 0 saturated carbocycles. The molecule has 2 fully saturated rings. The van der Waals surface area contributed by atoms with E-state index in [1.54, 1.807) is 0 Å². The molecular formula is C16H21NO2. The molecule has 1 aromatic carbocycles. The Bertz CT molecular complexity index is 464. The minimum atomic E-state index is 0.162. The molecule has 0 aromatic heterocycles. The van der Waals surface area contributed by atoms with Crippen LogP contribution in [-0.2, 0) is 11.2 Å². The molecule has 3 nitrogen and oxygen atoms in total. The Hall–Kier alpha value is -1.06. The Morgan fingerprint density at radius 3 is 2.84 bits per heavy atom. The SMILES string of the molecule is NCC1(CC2Cc3ccccc3O2)CC2CCC1O2. The van der Waals surface area contributed by atoms with Crippen molar-refractivity contribution in [2.45, 2.75) is 50.4 Å². The Kier molecular flexibility index (Phi) is 2.61. The zero-order chi connectivity index (χ0) is 12.9. The second-order valence-electron chi connectivity index (χ2n) is 6.35. The summed E-state index contributed by atoms with van der Waals surface area (Å²) in [7, 11) is 0. The fraction of sp³-hybridized carbons (Fsp3) is 0.625. The number of nitrogens with two attached hydrogens (primary N) is 1. The molecule has 0 amide bonds. The molecule has 1 aromatic rings. The summed E-state index contributed by atoms with van der Waals surface area (Å²) in [6, 6.07) is 8.37. The lowest BCUT2D eigenvalue weighted by atomic mass is 9.70. The summed E-state index contributed by atoms with van der Waals surface area (Å²) in [6.45, 7) is 0.727. The van der Waals surface area contributed by atoms with E-state index in [2.05, 4.69) is 18.2 Å². The van der Waals surface area contributed by atoms with Gasteiger partial charge in [-0.25, -0.2) is 0 Å². The van der Waals surface area contributed by atoms with Gasteiger partial charge in [-0.15, -0.1) is 0 Å². The maximum absolute atomic E-state index is 6.10. The fourth-order valence-electron chi connectivity index (χ4n) is 4.23. The van der Waals surface area contributed by atoms with Crippen molar-refractivity contribution in [2.24, 2.45) is 11.1 Å². The molecule has 0 spiro atoms. The first-order valence-electron chi connectivity index (χ1n) is 7.39. The maximum Gasteiger partial charge on any atom is 0.123 e. The lowest BCUT2D eigenvalue weighted by Crippen LogP contribution is -2.43. The van der Waals surface area contributed by atoms with E-state index < -0.39 is 0 Å². The highest BCUT2D eigenvalue weighted by molar-refractivity contribution is 5.37. The van der Waals surface area contributed by atoms with Crippen molar-refractivity contribution in [3.63, 3.8) is 0 Å². The van der Waals surface area contributed by atoms with Gasteiger partial charge in [0.15, 0.2) is 0 Å². The number of hydrogen-bond acceptors (Lipinski definition) is 3. The van der Waals surface area contributed by atoms with Gasteiger partial charge in [-0.05, 0) is 37.3 Å². The standard InChI is InChI=1S/C16H21NO2/c17-10-16(8-12-5-6-15(16)19-12)9-13-7-11-3-1-2-4-14(11)18-13/h1-4,12-13,15H,5-10,17H2. The maximum atomic E-state index is 6.10. The van der Waals surface area contributed by atoms with E-state index >= 15 is 0 Å². The highest BCUT2D eigenvalue weighted by atomic mass is 16.5. The second kappa shape index (κ2) is 4.22. The van der Waals surface area contributed by atoms with Crippen LogP contribution in [0.25, 0.3) is 0 Å². The topological polar surface area (TPSA) is 44.5 Å². The third-order valence-electron chi connectivity index (χ3n) is 5.18. The smallest absolute Gasteiger partial charge is 0.123 e. The zero-order valence-corrected chi connectivity index (χ0v) is 11.2. The normalized spacial score (nSPS) is 39.3. The summed E-state index contributed by atoms with van der Waals surface area (Å²) in [6.07, 6.45) is 6.70. The number of hydrogen-bond donors (Lipinski definition) is 1. The molecule has 19 heavy (non-hydrogen) atoms. The summed E-state index contributed by atoms with van der Waals surface area (Å²) in [5.74, 6) is 1.06. The third-order valence-corrected chi connectivity index (χ3v) is 5.18. The molecule has 3 aliphatic heterocycles. The fourth-order valence-corrected chi connectivity index (χ4v) is 4.23. The van der Waals surface area contributed by atoms with Crippen LogP contribution in [0.5, 0.6) is 5.75 Å². The number of para-hydroxylation sites is 1. The Morgan fingerprint density at radius 2 is 2.16 bits per heavy atom. The number of benzene rings is 1. The molecule has 3 aliphatic rings. The average molecular weight is 259 g/mol. The monoisotopic (exact) mass is 259 g/mol. The Morgan fingerprint density at radius 1 is 1.26 bits per heavy atom. The van der Waals surface area contributed by atoms with Gasteiger partial charge < -0.3 is 15.2 Å². The molecule has 0 aliphatic carbocycles. The van der Waals surface area contributed by atoms with E-state index in [9.17, 15) is 0 Å². The van der Waals surface area contributed by atoms with E-state index in [-0.39, 0.29) is 11.5 Å². The predicted molar refractivity (Wildman–Crippen MR) is 73.2 cm³/mol. The number of ether oxygens (including phenoxy) is 2. The van der Waals surface area contributed by atoms with Gasteiger partial charge in [0.1, 0.15) is 11.9 Å². The predicted octanol–water partition coefficient (Wildman–Crippen LogP) is 2.28. The first kappa shape index (κ1) is 11.7. The third kappa shape index (κ3) is 1.79. The van der Waals surface area contributed by atoms with E-state index in [4.69, 9.17) is 15.2 Å². The summed E-state index contributed by atoms with van der Waals surface area (Å²) >= 11 is 0. The summed E-state index contributed by atoms with van der Waals surface area (Å²) in [4.78, 5) is 0. The quantitative estimate of drug-likeness (QED) is 0.905.